The van der Waals surface area contributed by atoms with E-state index >= 15 is 0 Å². The summed E-state index contributed by atoms with van der Waals surface area (Å²) in [5.41, 5.74) is 2.80. The van der Waals surface area contributed by atoms with E-state index in [-0.39, 0.29) is 12.3 Å². The highest BCUT2D eigenvalue weighted by Crippen LogP contribution is 2.25. The lowest BCUT2D eigenvalue weighted by Gasteiger charge is -2.12. The van der Waals surface area contributed by atoms with Crippen LogP contribution in [0.2, 0.25) is 0 Å². The number of aromatic nitrogens is 1. The zero-order chi connectivity index (χ0) is 19.2. The smallest absolute Gasteiger partial charge is 0.411 e. The van der Waals surface area contributed by atoms with Gasteiger partial charge in [0.15, 0.2) is 11.5 Å². The van der Waals surface area contributed by atoms with Gasteiger partial charge in [0, 0.05) is 23.0 Å². The number of anilines is 2. The summed E-state index contributed by atoms with van der Waals surface area (Å²) in [6.07, 6.45) is -0.548. The molecule has 138 valence electrons. The van der Waals surface area contributed by atoms with Crippen molar-refractivity contribution in [3.63, 3.8) is 0 Å². The summed E-state index contributed by atoms with van der Waals surface area (Å²) in [6.45, 7) is 3.79. The van der Waals surface area contributed by atoms with Gasteiger partial charge < -0.3 is 14.6 Å². The second-order valence-corrected chi connectivity index (χ2v) is 5.72. The minimum atomic E-state index is -0.548. The molecule has 27 heavy (non-hydrogen) atoms. The molecule has 0 aliphatic rings. The van der Waals surface area contributed by atoms with Crippen molar-refractivity contribution in [3.8, 4) is 11.3 Å². The molecule has 0 aliphatic carbocycles. The molecule has 7 heteroatoms. The van der Waals surface area contributed by atoms with Crippen molar-refractivity contribution in [3.05, 3.63) is 65.9 Å². The first-order chi connectivity index (χ1) is 13.1. The van der Waals surface area contributed by atoms with Crippen molar-refractivity contribution in [2.75, 3.05) is 17.2 Å². The molecule has 2 N–H and O–H groups in total. The van der Waals surface area contributed by atoms with Crippen LogP contribution >= 0.6 is 0 Å². The molecule has 0 spiro atoms. The number of carbonyl (C=O) groups excluding carboxylic acids is 2. The number of ether oxygens (including phenoxy) is 1. The van der Waals surface area contributed by atoms with Gasteiger partial charge in [-0.15, -0.1) is 0 Å². The van der Waals surface area contributed by atoms with E-state index in [1.165, 1.54) is 0 Å². The second kappa shape index (κ2) is 8.18. The zero-order valence-electron chi connectivity index (χ0n) is 15.0. The number of carbonyl (C=O) groups is 2. The Bertz CT molecular complexity index is 951. The van der Waals surface area contributed by atoms with Crippen LogP contribution in [0.4, 0.5) is 16.2 Å². The number of nitrogens with zero attached hydrogens (tertiary/aromatic N) is 1. The maximum absolute atomic E-state index is 12.5. The van der Waals surface area contributed by atoms with E-state index in [0.29, 0.717) is 22.7 Å². The Morgan fingerprint density at radius 1 is 1.04 bits per heavy atom. The number of benzene rings is 2. The summed E-state index contributed by atoms with van der Waals surface area (Å²) in [6, 6.07) is 16.2. The molecule has 0 aliphatic heterocycles. The van der Waals surface area contributed by atoms with Crippen LogP contribution in [0, 0.1) is 6.92 Å². The molecule has 2 aromatic carbocycles. The van der Waals surface area contributed by atoms with Gasteiger partial charge >= 0.3 is 6.09 Å². The van der Waals surface area contributed by atoms with Crippen LogP contribution in [0.25, 0.3) is 11.3 Å². The topological polar surface area (TPSA) is 93.5 Å². The van der Waals surface area contributed by atoms with E-state index < -0.39 is 12.0 Å². The first-order valence-corrected chi connectivity index (χ1v) is 8.45. The van der Waals surface area contributed by atoms with Gasteiger partial charge in [-0.2, -0.15) is 0 Å². The summed E-state index contributed by atoms with van der Waals surface area (Å²) >= 11 is 0. The Morgan fingerprint density at radius 3 is 2.44 bits per heavy atom. The molecule has 0 saturated carbocycles. The molecule has 0 bridgehead atoms. The Kier molecular flexibility index (Phi) is 5.51. The summed E-state index contributed by atoms with van der Waals surface area (Å²) in [4.78, 5) is 24.1. The van der Waals surface area contributed by atoms with Gasteiger partial charge in [0.05, 0.1) is 6.61 Å². The quantitative estimate of drug-likeness (QED) is 0.696. The molecule has 0 unspecified atom stereocenters. The second-order valence-electron chi connectivity index (χ2n) is 5.72. The minimum absolute atomic E-state index is 0.164. The average Bonchev–Trinajstić information content (AvgIpc) is 3.16. The van der Waals surface area contributed by atoms with Crippen molar-refractivity contribution in [2.24, 2.45) is 0 Å². The van der Waals surface area contributed by atoms with E-state index in [2.05, 4.69) is 15.8 Å². The van der Waals surface area contributed by atoms with E-state index in [4.69, 9.17) is 9.26 Å². The molecule has 1 aromatic heterocycles. The van der Waals surface area contributed by atoms with E-state index in [9.17, 15) is 9.59 Å². The molecule has 0 radical (unpaired) electrons. The van der Waals surface area contributed by atoms with Crippen LogP contribution in [0.3, 0.4) is 0 Å². The Morgan fingerprint density at radius 2 is 1.74 bits per heavy atom. The molecule has 7 nitrogen and oxygen atoms in total. The number of amides is 2. The summed E-state index contributed by atoms with van der Waals surface area (Å²) in [5.74, 6) is 0.104. The molecule has 0 saturated heterocycles. The third-order valence-corrected chi connectivity index (χ3v) is 3.90. The van der Waals surface area contributed by atoms with Crippen molar-refractivity contribution in [2.45, 2.75) is 13.8 Å². The molecule has 2 amide bonds. The van der Waals surface area contributed by atoms with Crippen LogP contribution in [-0.4, -0.2) is 23.8 Å². The average molecular weight is 365 g/mol. The van der Waals surface area contributed by atoms with Gasteiger partial charge in [-0.1, -0.05) is 41.6 Å². The zero-order valence-corrected chi connectivity index (χ0v) is 15.0. The minimum Gasteiger partial charge on any atom is -0.450 e. The van der Waals surface area contributed by atoms with E-state index in [0.717, 1.165) is 5.56 Å². The highest BCUT2D eigenvalue weighted by molar-refractivity contribution is 6.04. The fourth-order valence-electron chi connectivity index (χ4n) is 2.49. The van der Waals surface area contributed by atoms with Gasteiger partial charge in [0.1, 0.15) is 0 Å². The third-order valence-electron chi connectivity index (χ3n) is 3.90. The van der Waals surface area contributed by atoms with Crippen LogP contribution in [0.1, 0.15) is 23.0 Å². The molecular weight excluding hydrogens is 346 g/mol. The predicted octanol–water partition coefficient (Wildman–Crippen LogP) is 4.47. The van der Waals surface area contributed by atoms with Crippen molar-refractivity contribution < 1.29 is 18.8 Å². The Labute approximate surface area is 156 Å². The Balaban J connectivity index is 1.75. The van der Waals surface area contributed by atoms with Gasteiger partial charge in [0.2, 0.25) is 0 Å². The maximum atomic E-state index is 12.5. The fourth-order valence-corrected chi connectivity index (χ4v) is 2.49. The fraction of sp³-hybridized carbons (Fsp3) is 0.150. The standard InChI is InChI=1S/C20H19N3O4/c1-3-26-20(25)22-16-11-7-10-15(13(16)2)21-19(24)17-12-18(27-23-17)14-8-5-4-6-9-14/h4-12H,3H2,1-2H3,(H,21,24)(H,22,25). The Hall–Kier alpha value is -3.61. The molecule has 0 atom stereocenters. The first kappa shape index (κ1) is 18.2. The van der Waals surface area contributed by atoms with Crippen LogP contribution < -0.4 is 10.6 Å². The highest BCUT2D eigenvalue weighted by Gasteiger charge is 2.16. The van der Waals surface area contributed by atoms with Gasteiger partial charge in [0.25, 0.3) is 5.91 Å². The highest BCUT2D eigenvalue weighted by atomic mass is 16.5. The molecule has 3 rings (SSSR count). The van der Waals surface area contributed by atoms with Crippen molar-refractivity contribution >= 4 is 23.4 Å². The number of hydrogen-bond donors (Lipinski definition) is 2. The largest absolute Gasteiger partial charge is 0.450 e. The van der Waals surface area contributed by atoms with Crippen LogP contribution in [-0.2, 0) is 4.74 Å². The monoisotopic (exact) mass is 365 g/mol. The van der Waals surface area contributed by atoms with E-state index in [1.807, 2.05) is 30.3 Å². The normalized spacial score (nSPS) is 10.3. The van der Waals surface area contributed by atoms with Gasteiger partial charge in [-0.25, -0.2) is 4.79 Å². The first-order valence-electron chi connectivity index (χ1n) is 8.45. The summed E-state index contributed by atoms with van der Waals surface area (Å²) in [7, 11) is 0. The van der Waals surface area contributed by atoms with Gasteiger partial charge in [-0.3, -0.25) is 10.1 Å². The molecule has 1 heterocycles. The summed E-state index contributed by atoms with van der Waals surface area (Å²) in [5, 5.41) is 9.26. The maximum Gasteiger partial charge on any atom is 0.411 e. The summed E-state index contributed by atoms with van der Waals surface area (Å²) < 4.78 is 10.1. The lowest BCUT2D eigenvalue weighted by atomic mass is 10.1. The number of rotatable bonds is 5. The molecule has 0 fully saturated rings. The van der Waals surface area contributed by atoms with Crippen molar-refractivity contribution in [1.29, 1.82) is 0 Å². The molecular formula is C20H19N3O4. The van der Waals surface area contributed by atoms with E-state index in [1.54, 1.807) is 38.1 Å². The molecule has 3 aromatic rings. The SMILES string of the molecule is CCOC(=O)Nc1cccc(NC(=O)c2cc(-c3ccccc3)on2)c1C. The lowest BCUT2D eigenvalue weighted by Crippen LogP contribution is -2.16. The lowest BCUT2D eigenvalue weighted by molar-refractivity contribution is 0.101. The van der Waals surface area contributed by atoms with Crippen molar-refractivity contribution in [1.82, 2.24) is 5.16 Å². The predicted molar refractivity (Wildman–Crippen MR) is 102 cm³/mol. The number of hydrogen-bond acceptors (Lipinski definition) is 5. The van der Waals surface area contributed by atoms with Gasteiger partial charge in [-0.05, 0) is 31.5 Å². The van der Waals surface area contributed by atoms with Crippen LogP contribution in [0.5, 0.6) is 0 Å². The number of nitrogens with one attached hydrogen (secondary N) is 2. The third kappa shape index (κ3) is 4.33. The van der Waals surface area contributed by atoms with Crippen LogP contribution in [0.15, 0.2) is 59.1 Å².